The molecular formula is C11H20N2O2. The van der Waals surface area contributed by atoms with Crippen molar-refractivity contribution in [1.29, 1.82) is 0 Å². The van der Waals surface area contributed by atoms with Crippen molar-refractivity contribution in [2.45, 2.75) is 38.2 Å². The van der Waals surface area contributed by atoms with E-state index in [1.807, 2.05) is 9.80 Å². The molecular weight excluding hydrogens is 192 g/mol. The van der Waals surface area contributed by atoms with Crippen LogP contribution in [0.2, 0.25) is 0 Å². The molecule has 2 aliphatic heterocycles. The van der Waals surface area contributed by atoms with E-state index < -0.39 is 0 Å². The first-order valence-corrected chi connectivity index (χ1v) is 5.99. The minimum atomic E-state index is -0.199. The van der Waals surface area contributed by atoms with Gasteiger partial charge >= 0.3 is 6.03 Å². The van der Waals surface area contributed by atoms with Crippen molar-refractivity contribution >= 4 is 6.03 Å². The summed E-state index contributed by atoms with van der Waals surface area (Å²) in [6.07, 6.45) is 4.81. The van der Waals surface area contributed by atoms with Crippen LogP contribution in [-0.4, -0.2) is 53.2 Å². The Balaban J connectivity index is 1.84. The Hall–Kier alpha value is -0.770. The second kappa shape index (κ2) is 4.84. The smallest absolute Gasteiger partial charge is 0.320 e. The molecule has 4 nitrogen and oxygen atoms in total. The number of amides is 2. The van der Waals surface area contributed by atoms with Crippen molar-refractivity contribution in [3.8, 4) is 0 Å². The van der Waals surface area contributed by atoms with Gasteiger partial charge in [-0.1, -0.05) is 0 Å². The van der Waals surface area contributed by atoms with Gasteiger partial charge in [0.15, 0.2) is 0 Å². The summed E-state index contributed by atoms with van der Waals surface area (Å²) in [6, 6.07) is 0.182. The summed E-state index contributed by atoms with van der Waals surface area (Å²) in [7, 11) is 0. The second-order valence-corrected chi connectivity index (χ2v) is 4.55. The highest BCUT2D eigenvalue weighted by Crippen LogP contribution is 2.15. The van der Waals surface area contributed by atoms with Gasteiger partial charge in [0.1, 0.15) is 0 Å². The Bertz CT molecular complexity index is 219. The number of aliphatic hydroxyl groups is 1. The van der Waals surface area contributed by atoms with Crippen LogP contribution in [0.1, 0.15) is 32.1 Å². The Morgan fingerprint density at radius 3 is 2.07 bits per heavy atom. The van der Waals surface area contributed by atoms with Crippen molar-refractivity contribution in [2.24, 2.45) is 0 Å². The first-order valence-electron chi connectivity index (χ1n) is 5.99. The summed E-state index contributed by atoms with van der Waals surface area (Å²) in [5.41, 5.74) is 0. The topological polar surface area (TPSA) is 43.8 Å². The molecule has 0 saturated carbocycles. The number of likely N-dealkylation sites (tertiary alicyclic amines) is 2. The lowest BCUT2D eigenvalue weighted by Crippen LogP contribution is -2.48. The summed E-state index contributed by atoms with van der Waals surface area (Å²) in [5, 5.41) is 9.37. The van der Waals surface area contributed by atoms with Crippen LogP contribution in [-0.2, 0) is 0 Å². The monoisotopic (exact) mass is 212 g/mol. The lowest BCUT2D eigenvalue weighted by atomic mass is 10.1. The molecule has 0 radical (unpaired) electrons. The number of piperidine rings is 2. The Kier molecular flexibility index (Phi) is 3.46. The van der Waals surface area contributed by atoms with Crippen LogP contribution in [0.3, 0.4) is 0 Å². The molecule has 0 atom stereocenters. The van der Waals surface area contributed by atoms with E-state index in [-0.39, 0.29) is 12.1 Å². The lowest BCUT2D eigenvalue weighted by Gasteiger charge is -2.36. The predicted octanol–water partition coefficient (Wildman–Crippen LogP) is 1.05. The summed E-state index contributed by atoms with van der Waals surface area (Å²) < 4.78 is 0. The van der Waals surface area contributed by atoms with Gasteiger partial charge in [0.25, 0.3) is 0 Å². The summed E-state index contributed by atoms with van der Waals surface area (Å²) >= 11 is 0. The number of carbonyl (C=O) groups excluding carboxylic acids is 1. The van der Waals surface area contributed by atoms with E-state index in [2.05, 4.69) is 0 Å². The SMILES string of the molecule is O=C(N1CCCCC1)N1CCC(O)CC1. The van der Waals surface area contributed by atoms with Gasteiger partial charge in [-0.3, -0.25) is 0 Å². The minimum Gasteiger partial charge on any atom is -0.393 e. The summed E-state index contributed by atoms with van der Waals surface area (Å²) in [4.78, 5) is 15.9. The Morgan fingerprint density at radius 1 is 0.933 bits per heavy atom. The van der Waals surface area contributed by atoms with E-state index in [9.17, 15) is 9.90 Å². The first kappa shape index (κ1) is 10.7. The number of aliphatic hydroxyl groups excluding tert-OH is 1. The maximum atomic E-state index is 12.0. The van der Waals surface area contributed by atoms with E-state index in [0.29, 0.717) is 0 Å². The summed E-state index contributed by atoms with van der Waals surface area (Å²) in [6.45, 7) is 3.27. The van der Waals surface area contributed by atoms with Crippen molar-refractivity contribution in [2.75, 3.05) is 26.2 Å². The van der Waals surface area contributed by atoms with Gasteiger partial charge in [-0.15, -0.1) is 0 Å². The quantitative estimate of drug-likeness (QED) is 0.652. The van der Waals surface area contributed by atoms with E-state index in [4.69, 9.17) is 0 Å². The molecule has 15 heavy (non-hydrogen) atoms. The van der Waals surface area contributed by atoms with Crippen LogP contribution >= 0.6 is 0 Å². The standard InChI is InChI=1S/C11H20N2O2/c14-10-4-8-13(9-5-10)11(15)12-6-2-1-3-7-12/h10,14H,1-9H2. The molecule has 2 heterocycles. The highest BCUT2D eigenvalue weighted by Gasteiger charge is 2.25. The number of hydrogen-bond donors (Lipinski definition) is 1. The average Bonchev–Trinajstić information content (AvgIpc) is 2.30. The average molecular weight is 212 g/mol. The Labute approximate surface area is 90.9 Å². The fourth-order valence-electron chi connectivity index (χ4n) is 2.34. The molecule has 0 aromatic rings. The molecule has 2 saturated heterocycles. The molecule has 0 aromatic heterocycles. The van der Waals surface area contributed by atoms with Gasteiger partial charge in [0.2, 0.25) is 0 Å². The van der Waals surface area contributed by atoms with Crippen molar-refractivity contribution in [3.05, 3.63) is 0 Å². The third-order valence-electron chi connectivity index (χ3n) is 3.36. The van der Waals surface area contributed by atoms with Crippen LogP contribution in [0.5, 0.6) is 0 Å². The van der Waals surface area contributed by atoms with E-state index >= 15 is 0 Å². The van der Waals surface area contributed by atoms with Crippen LogP contribution in [0.15, 0.2) is 0 Å². The molecule has 2 rings (SSSR count). The summed E-state index contributed by atoms with van der Waals surface area (Å²) in [5.74, 6) is 0. The zero-order valence-electron chi connectivity index (χ0n) is 9.19. The fourth-order valence-corrected chi connectivity index (χ4v) is 2.34. The number of urea groups is 1. The van der Waals surface area contributed by atoms with Crippen molar-refractivity contribution in [1.82, 2.24) is 9.80 Å². The van der Waals surface area contributed by atoms with Gasteiger partial charge < -0.3 is 14.9 Å². The zero-order valence-corrected chi connectivity index (χ0v) is 9.19. The molecule has 0 aromatic carbocycles. The van der Waals surface area contributed by atoms with E-state index in [0.717, 1.165) is 51.9 Å². The van der Waals surface area contributed by atoms with Gasteiger partial charge in [-0.05, 0) is 32.1 Å². The molecule has 86 valence electrons. The number of carbonyl (C=O) groups is 1. The van der Waals surface area contributed by atoms with E-state index in [1.54, 1.807) is 0 Å². The van der Waals surface area contributed by atoms with E-state index in [1.165, 1.54) is 6.42 Å². The maximum Gasteiger partial charge on any atom is 0.320 e. The highest BCUT2D eigenvalue weighted by atomic mass is 16.3. The van der Waals surface area contributed by atoms with Crippen LogP contribution < -0.4 is 0 Å². The molecule has 2 amide bonds. The van der Waals surface area contributed by atoms with Gasteiger partial charge in [-0.25, -0.2) is 4.79 Å². The lowest BCUT2D eigenvalue weighted by molar-refractivity contribution is 0.0788. The molecule has 4 heteroatoms. The molecule has 0 aliphatic carbocycles. The van der Waals surface area contributed by atoms with Gasteiger partial charge in [0.05, 0.1) is 6.10 Å². The molecule has 0 spiro atoms. The number of rotatable bonds is 0. The zero-order chi connectivity index (χ0) is 10.7. The van der Waals surface area contributed by atoms with Crippen molar-refractivity contribution < 1.29 is 9.90 Å². The van der Waals surface area contributed by atoms with Crippen LogP contribution in [0.25, 0.3) is 0 Å². The Morgan fingerprint density at radius 2 is 1.47 bits per heavy atom. The number of nitrogens with zero attached hydrogens (tertiary/aromatic N) is 2. The van der Waals surface area contributed by atoms with Crippen LogP contribution in [0.4, 0.5) is 4.79 Å². The normalized spacial score (nSPS) is 24.3. The first-order chi connectivity index (χ1) is 7.27. The minimum absolute atomic E-state index is 0.182. The molecule has 2 fully saturated rings. The van der Waals surface area contributed by atoms with Gasteiger partial charge in [0, 0.05) is 26.2 Å². The highest BCUT2D eigenvalue weighted by molar-refractivity contribution is 5.74. The third kappa shape index (κ3) is 2.62. The molecule has 1 N–H and O–H groups in total. The molecule has 0 bridgehead atoms. The number of hydrogen-bond acceptors (Lipinski definition) is 2. The largest absolute Gasteiger partial charge is 0.393 e. The van der Waals surface area contributed by atoms with Crippen LogP contribution in [0, 0.1) is 0 Å². The van der Waals surface area contributed by atoms with Crippen molar-refractivity contribution in [3.63, 3.8) is 0 Å². The maximum absolute atomic E-state index is 12.0. The molecule has 0 unspecified atom stereocenters. The molecule has 2 aliphatic rings. The predicted molar refractivity (Wildman–Crippen MR) is 57.6 cm³/mol. The third-order valence-corrected chi connectivity index (χ3v) is 3.36. The van der Waals surface area contributed by atoms with Gasteiger partial charge in [-0.2, -0.15) is 0 Å². The second-order valence-electron chi connectivity index (χ2n) is 4.55. The fraction of sp³-hybridized carbons (Fsp3) is 0.909.